The molecule has 1 fully saturated rings. The highest BCUT2D eigenvalue weighted by Crippen LogP contribution is 2.45. The van der Waals surface area contributed by atoms with Crippen molar-refractivity contribution in [2.45, 2.75) is 113 Å². The number of hydrogen-bond donors (Lipinski definition) is 2. The van der Waals surface area contributed by atoms with Gasteiger partial charge >= 0.3 is 0 Å². The smallest absolute Gasteiger partial charge is 0.169 e. The van der Waals surface area contributed by atoms with Gasteiger partial charge in [-0.25, -0.2) is 0 Å². The Labute approximate surface area is 296 Å². The van der Waals surface area contributed by atoms with E-state index in [0.717, 1.165) is 35.1 Å². The molecule has 2 unspecified atom stereocenters. The quantitative estimate of drug-likeness (QED) is 0.173. The van der Waals surface area contributed by atoms with Crippen LogP contribution < -0.4 is 9.47 Å². The maximum Gasteiger partial charge on any atom is 0.169 e. The number of phenols is 2. The Morgan fingerprint density at radius 1 is 0.562 bits per heavy atom. The number of ether oxygens (including phenoxy) is 2. The molecular weight excluding hydrogens is 633 g/mol. The van der Waals surface area contributed by atoms with Crippen molar-refractivity contribution in [2.75, 3.05) is 0 Å². The van der Waals surface area contributed by atoms with Gasteiger partial charge in [0, 0.05) is 33.1 Å². The minimum atomic E-state index is -0.0901. The molecule has 2 atom stereocenters. The summed E-state index contributed by atoms with van der Waals surface area (Å²) in [7, 11) is 0. The van der Waals surface area contributed by atoms with Crippen LogP contribution in [-0.2, 0) is 22.3 Å². The summed E-state index contributed by atoms with van der Waals surface area (Å²) in [6.45, 7) is 13.2. The van der Waals surface area contributed by atoms with Crippen LogP contribution in [0.3, 0.4) is 0 Å². The highest BCUT2D eigenvalue weighted by Gasteiger charge is 2.27. The summed E-state index contributed by atoms with van der Waals surface area (Å²) in [5.41, 5.74) is 3.95. The molecule has 0 aromatic heterocycles. The van der Waals surface area contributed by atoms with Gasteiger partial charge in [0.15, 0.2) is 23.0 Å². The van der Waals surface area contributed by atoms with Gasteiger partial charge in [-0.3, -0.25) is 0 Å². The molecule has 48 heavy (non-hydrogen) atoms. The standard InChI is InChI=1S/C42H52O4S2/c1-41(2,3)31-23-29(39(43)35(25-31)45-33-17-11-9-12-18-33)27-47-37-21-15-7-8-16-22-38(37)48-28-30-24-32(42(4,5)6)26-36(40(30)44)46-34-19-13-10-14-20-34/h9-14,17-20,23-26,37-38,43-44H,7-8,15-16,21-22,27-28H2,1-6H3. The van der Waals surface area contributed by atoms with Crippen LogP contribution in [0.5, 0.6) is 34.5 Å². The summed E-state index contributed by atoms with van der Waals surface area (Å²) in [4.78, 5) is 0. The highest BCUT2D eigenvalue weighted by atomic mass is 32.2. The van der Waals surface area contributed by atoms with E-state index in [-0.39, 0.29) is 22.3 Å². The van der Waals surface area contributed by atoms with Crippen molar-refractivity contribution in [3.05, 3.63) is 107 Å². The van der Waals surface area contributed by atoms with Crippen molar-refractivity contribution in [1.82, 2.24) is 0 Å². The van der Waals surface area contributed by atoms with Crippen molar-refractivity contribution >= 4 is 23.5 Å². The average Bonchev–Trinajstić information content (AvgIpc) is 3.03. The maximum absolute atomic E-state index is 11.5. The summed E-state index contributed by atoms with van der Waals surface area (Å²) < 4.78 is 12.4. The van der Waals surface area contributed by atoms with Crippen molar-refractivity contribution in [3.8, 4) is 34.5 Å². The molecule has 0 radical (unpaired) electrons. The van der Waals surface area contributed by atoms with E-state index in [1.165, 1.54) is 25.7 Å². The Morgan fingerprint density at radius 3 is 1.29 bits per heavy atom. The number of para-hydroxylation sites is 2. The summed E-state index contributed by atoms with van der Waals surface area (Å²) in [6, 6.07) is 27.7. The average molecular weight is 685 g/mol. The number of rotatable bonds is 10. The van der Waals surface area contributed by atoms with E-state index >= 15 is 0 Å². The van der Waals surface area contributed by atoms with Gasteiger partial charge < -0.3 is 19.7 Å². The monoisotopic (exact) mass is 684 g/mol. The molecule has 4 aromatic carbocycles. The van der Waals surface area contributed by atoms with Gasteiger partial charge in [0.2, 0.25) is 0 Å². The summed E-state index contributed by atoms with van der Waals surface area (Å²) in [5.74, 6) is 4.32. The summed E-state index contributed by atoms with van der Waals surface area (Å²) in [5, 5.41) is 23.8. The Morgan fingerprint density at radius 2 is 0.938 bits per heavy atom. The van der Waals surface area contributed by atoms with Crippen LogP contribution in [0.4, 0.5) is 0 Å². The fraction of sp³-hybridized carbons (Fsp3) is 0.429. The summed E-state index contributed by atoms with van der Waals surface area (Å²) in [6.07, 6.45) is 7.25. The van der Waals surface area contributed by atoms with Gasteiger partial charge in [-0.2, -0.15) is 23.5 Å². The van der Waals surface area contributed by atoms with Crippen LogP contribution >= 0.6 is 23.5 Å². The zero-order chi connectivity index (χ0) is 34.3. The van der Waals surface area contributed by atoms with E-state index in [4.69, 9.17) is 9.47 Å². The van der Waals surface area contributed by atoms with Crippen LogP contribution in [-0.4, -0.2) is 20.7 Å². The molecule has 5 rings (SSSR count). The second-order valence-corrected chi connectivity index (χ2v) is 17.4. The first-order valence-electron chi connectivity index (χ1n) is 17.3. The van der Waals surface area contributed by atoms with Crippen molar-refractivity contribution in [1.29, 1.82) is 0 Å². The Kier molecular flexibility index (Phi) is 12.0. The first-order valence-corrected chi connectivity index (χ1v) is 19.4. The molecule has 0 aliphatic heterocycles. The van der Waals surface area contributed by atoms with Crippen LogP contribution in [0.1, 0.15) is 102 Å². The fourth-order valence-corrected chi connectivity index (χ4v) is 9.06. The van der Waals surface area contributed by atoms with Crippen LogP contribution in [0, 0.1) is 0 Å². The molecule has 0 bridgehead atoms. The third kappa shape index (κ3) is 9.69. The van der Waals surface area contributed by atoms with E-state index in [0.29, 0.717) is 45.0 Å². The van der Waals surface area contributed by atoms with Gasteiger partial charge in [-0.05, 0) is 71.2 Å². The van der Waals surface area contributed by atoms with Gasteiger partial charge in [0.05, 0.1) is 0 Å². The lowest BCUT2D eigenvalue weighted by Gasteiger charge is -2.30. The number of benzene rings is 4. The zero-order valence-electron chi connectivity index (χ0n) is 29.4. The van der Waals surface area contributed by atoms with Crippen molar-refractivity contribution in [3.63, 3.8) is 0 Å². The third-order valence-corrected chi connectivity index (χ3v) is 12.1. The first-order chi connectivity index (χ1) is 22.9. The van der Waals surface area contributed by atoms with E-state index in [9.17, 15) is 10.2 Å². The van der Waals surface area contributed by atoms with E-state index < -0.39 is 0 Å². The number of thioether (sulfide) groups is 2. The van der Waals surface area contributed by atoms with Gasteiger partial charge in [-0.15, -0.1) is 0 Å². The predicted molar refractivity (Wildman–Crippen MR) is 205 cm³/mol. The largest absolute Gasteiger partial charge is 0.504 e. The molecule has 0 saturated heterocycles. The third-order valence-electron chi connectivity index (χ3n) is 9.03. The number of aromatic hydroxyl groups is 2. The van der Waals surface area contributed by atoms with Crippen LogP contribution in [0.15, 0.2) is 84.9 Å². The Bertz CT molecular complexity index is 1500. The molecule has 4 nitrogen and oxygen atoms in total. The maximum atomic E-state index is 11.5. The molecule has 0 spiro atoms. The van der Waals surface area contributed by atoms with E-state index in [2.05, 4.69) is 53.7 Å². The molecule has 0 heterocycles. The molecule has 6 heteroatoms. The molecule has 4 aromatic rings. The minimum absolute atomic E-state index is 0.0901. The Hall–Kier alpha value is -3.22. The highest BCUT2D eigenvalue weighted by molar-refractivity contribution is 8.03. The zero-order valence-corrected chi connectivity index (χ0v) is 31.1. The van der Waals surface area contributed by atoms with Crippen LogP contribution in [0.2, 0.25) is 0 Å². The second kappa shape index (κ2) is 16.0. The van der Waals surface area contributed by atoms with Crippen LogP contribution in [0.25, 0.3) is 0 Å². The lowest BCUT2D eigenvalue weighted by atomic mass is 9.86. The lowest BCUT2D eigenvalue weighted by molar-refractivity contribution is 0.406. The molecule has 1 aliphatic carbocycles. The molecule has 1 aliphatic rings. The van der Waals surface area contributed by atoms with Gasteiger partial charge in [0.25, 0.3) is 0 Å². The van der Waals surface area contributed by atoms with Gasteiger partial charge in [0.1, 0.15) is 11.5 Å². The lowest BCUT2D eigenvalue weighted by Crippen LogP contribution is -2.22. The number of hydrogen-bond acceptors (Lipinski definition) is 6. The molecule has 256 valence electrons. The topological polar surface area (TPSA) is 58.9 Å². The normalized spacial score (nSPS) is 17.4. The van der Waals surface area contributed by atoms with E-state index in [1.807, 2.05) is 96.3 Å². The summed E-state index contributed by atoms with van der Waals surface area (Å²) >= 11 is 3.92. The second-order valence-electron chi connectivity index (χ2n) is 15.0. The minimum Gasteiger partial charge on any atom is -0.504 e. The predicted octanol–water partition coefficient (Wildman–Crippen LogP) is 12.5. The molecule has 2 N–H and O–H groups in total. The van der Waals surface area contributed by atoms with Crippen molar-refractivity contribution < 1.29 is 19.7 Å². The van der Waals surface area contributed by atoms with E-state index in [1.54, 1.807) is 0 Å². The SMILES string of the molecule is CC(C)(C)c1cc(CSC2CCCCCCC2SCc2cc(C(C)(C)C)cc(Oc3ccccc3)c2O)c(O)c(Oc2ccccc2)c1. The van der Waals surface area contributed by atoms with Gasteiger partial charge in [-0.1, -0.05) is 116 Å². The first kappa shape index (κ1) is 36.1. The Balaban J connectivity index is 1.37. The number of phenolic OH excluding ortho intramolecular Hbond substituents is 2. The van der Waals surface area contributed by atoms with Crippen molar-refractivity contribution in [2.24, 2.45) is 0 Å². The molecule has 1 saturated carbocycles. The molecule has 0 amide bonds. The fourth-order valence-electron chi connectivity index (χ4n) is 6.00. The molecular formula is C42H52O4S2.